The standard InChI is InChI=1S/C24H30N2O5S/c1-16(2)30-20-11-9-19(10-12-20)13-25-23(27)15-32(28,29)14-22-18(4)31-24(26-22)21-8-6-5-7-17(21)3/h5-12,16,23,25,27H,13-15H2,1-4H3. The number of aliphatic hydroxyl groups is 1. The maximum Gasteiger partial charge on any atom is 0.226 e. The van der Waals surface area contributed by atoms with Crippen molar-refractivity contribution in [3.05, 3.63) is 71.1 Å². The van der Waals surface area contributed by atoms with Crippen LogP contribution in [-0.4, -0.2) is 36.6 Å². The molecule has 1 atom stereocenters. The number of aromatic nitrogens is 1. The molecule has 32 heavy (non-hydrogen) atoms. The molecule has 0 aliphatic carbocycles. The SMILES string of the molecule is Cc1ccccc1-c1nc(CS(=O)(=O)CC(O)NCc2ccc(OC(C)C)cc2)c(C)o1. The molecule has 0 aliphatic heterocycles. The van der Waals surface area contributed by atoms with Gasteiger partial charge in [-0.1, -0.05) is 30.3 Å². The summed E-state index contributed by atoms with van der Waals surface area (Å²) in [6, 6.07) is 15.1. The number of nitrogens with zero attached hydrogens (tertiary/aromatic N) is 1. The van der Waals surface area contributed by atoms with Crippen molar-refractivity contribution in [3.63, 3.8) is 0 Å². The first-order valence-corrected chi connectivity index (χ1v) is 12.3. The van der Waals surface area contributed by atoms with Gasteiger partial charge in [-0.2, -0.15) is 0 Å². The number of sulfone groups is 1. The minimum absolute atomic E-state index is 0.0900. The highest BCUT2D eigenvalue weighted by molar-refractivity contribution is 7.90. The van der Waals surface area contributed by atoms with E-state index >= 15 is 0 Å². The minimum atomic E-state index is -3.61. The molecule has 172 valence electrons. The molecule has 0 aliphatic rings. The zero-order chi connectivity index (χ0) is 23.3. The van der Waals surface area contributed by atoms with Gasteiger partial charge in [0.25, 0.3) is 0 Å². The van der Waals surface area contributed by atoms with E-state index in [0.29, 0.717) is 23.9 Å². The van der Waals surface area contributed by atoms with Crippen molar-refractivity contribution < 1.29 is 22.7 Å². The van der Waals surface area contributed by atoms with Gasteiger partial charge in [0.15, 0.2) is 9.84 Å². The Morgan fingerprint density at radius 3 is 2.44 bits per heavy atom. The molecule has 3 aromatic rings. The molecule has 2 N–H and O–H groups in total. The zero-order valence-electron chi connectivity index (χ0n) is 18.8. The van der Waals surface area contributed by atoms with Gasteiger partial charge in [0.05, 0.1) is 23.3 Å². The van der Waals surface area contributed by atoms with Crippen molar-refractivity contribution in [2.24, 2.45) is 0 Å². The fraction of sp³-hybridized carbons (Fsp3) is 0.375. The molecule has 0 saturated carbocycles. The van der Waals surface area contributed by atoms with Crippen molar-refractivity contribution in [3.8, 4) is 17.2 Å². The normalized spacial score (nSPS) is 12.8. The Hall–Kier alpha value is -2.68. The van der Waals surface area contributed by atoms with Crippen molar-refractivity contribution >= 4 is 9.84 Å². The first-order valence-electron chi connectivity index (χ1n) is 10.5. The lowest BCUT2D eigenvalue weighted by molar-refractivity contribution is 0.157. The lowest BCUT2D eigenvalue weighted by Crippen LogP contribution is -2.35. The van der Waals surface area contributed by atoms with E-state index in [4.69, 9.17) is 9.15 Å². The van der Waals surface area contributed by atoms with Crippen LogP contribution in [0.1, 0.15) is 36.4 Å². The second-order valence-corrected chi connectivity index (χ2v) is 10.2. The molecule has 0 saturated heterocycles. The van der Waals surface area contributed by atoms with E-state index in [0.717, 1.165) is 22.4 Å². The van der Waals surface area contributed by atoms with E-state index in [9.17, 15) is 13.5 Å². The second kappa shape index (κ2) is 10.3. The summed E-state index contributed by atoms with van der Waals surface area (Å²) in [7, 11) is -3.61. The Morgan fingerprint density at radius 1 is 1.09 bits per heavy atom. The Bertz CT molecular complexity index is 1140. The fourth-order valence-corrected chi connectivity index (χ4v) is 4.65. The number of aliphatic hydroxyl groups excluding tert-OH is 1. The summed E-state index contributed by atoms with van der Waals surface area (Å²) in [5, 5.41) is 13.1. The van der Waals surface area contributed by atoms with Gasteiger partial charge in [0.2, 0.25) is 5.89 Å². The summed E-state index contributed by atoms with van der Waals surface area (Å²) in [6.07, 6.45) is -1.11. The molecule has 0 fully saturated rings. The van der Waals surface area contributed by atoms with E-state index < -0.39 is 21.8 Å². The lowest BCUT2D eigenvalue weighted by atomic mass is 10.1. The predicted molar refractivity (Wildman–Crippen MR) is 124 cm³/mol. The smallest absolute Gasteiger partial charge is 0.226 e. The van der Waals surface area contributed by atoms with E-state index in [1.54, 1.807) is 6.92 Å². The van der Waals surface area contributed by atoms with Crippen LogP contribution in [-0.2, 0) is 22.1 Å². The van der Waals surface area contributed by atoms with Crippen molar-refractivity contribution in [2.75, 3.05) is 5.75 Å². The van der Waals surface area contributed by atoms with E-state index in [1.165, 1.54) is 0 Å². The summed E-state index contributed by atoms with van der Waals surface area (Å²) in [6.45, 7) is 7.88. The monoisotopic (exact) mass is 458 g/mol. The van der Waals surface area contributed by atoms with Crippen LogP contribution in [0.5, 0.6) is 5.75 Å². The lowest BCUT2D eigenvalue weighted by Gasteiger charge is -2.14. The number of benzene rings is 2. The molecule has 0 radical (unpaired) electrons. The summed E-state index contributed by atoms with van der Waals surface area (Å²) in [5.74, 6) is 0.897. The van der Waals surface area contributed by atoms with Gasteiger partial charge in [0.1, 0.15) is 17.7 Å². The zero-order valence-corrected chi connectivity index (χ0v) is 19.6. The minimum Gasteiger partial charge on any atom is -0.491 e. The van der Waals surface area contributed by atoms with Crippen molar-refractivity contribution in [1.29, 1.82) is 0 Å². The molecule has 1 heterocycles. The van der Waals surface area contributed by atoms with E-state index in [1.807, 2.05) is 69.3 Å². The van der Waals surface area contributed by atoms with Crippen molar-refractivity contribution in [1.82, 2.24) is 10.3 Å². The highest BCUT2D eigenvalue weighted by Crippen LogP contribution is 2.25. The molecule has 8 heteroatoms. The first-order chi connectivity index (χ1) is 15.1. The van der Waals surface area contributed by atoms with Gasteiger partial charge in [-0.15, -0.1) is 0 Å². The Kier molecular flexibility index (Phi) is 7.71. The number of hydrogen-bond donors (Lipinski definition) is 2. The van der Waals surface area contributed by atoms with Gasteiger partial charge in [-0.3, -0.25) is 5.32 Å². The summed E-state index contributed by atoms with van der Waals surface area (Å²) < 4.78 is 36.6. The highest BCUT2D eigenvalue weighted by Gasteiger charge is 2.22. The van der Waals surface area contributed by atoms with Crippen LogP contribution >= 0.6 is 0 Å². The number of nitrogens with one attached hydrogen (secondary N) is 1. The van der Waals surface area contributed by atoms with Gasteiger partial charge in [0, 0.05) is 12.1 Å². The van der Waals surface area contributed by atoms with Crippen LogP contribution in [0, 0.1) is 13.8 Å². The topological polar surface area (TPSA) is 102 Å². The molecule has 0 amide bonds. The molecular weight excluding hydrogens is 428 g/mol. The third-order valence-electron chi connectivity index (χ3n) is 4.87. The number of aryl methyl sites for hydroxylation is 2. The first kappa shape index (κ1) is 24.0. The van der Waals surface area contributed by atoms with Crippen LogP contribution in [0.4, 0.5) is 0 Å². The number of rotatable bonds is 10. The highest BCUT2D eigenvalue weighted by atomic mass is 32.2. The largest absolute Gasteiger partial charge is 0.491 e. The van der Waals surface area contributed by atoms with Crippen LogP contribution in [0.3, 0.4) is 0 Å². The average Bonchev–Trinajstić information content (AvgIpc) is 3.06. The quantitative estimate of drug-likeness (QED) is 0.446. The fourth-order valence-electron chi connectivity index (χ4n) is 3.25. The second-order valence-electron chi connectivity index (χ2n) is 8.10. The third kappa shape index (κ3) is 6.66. The summed E-state index contributed by atoms with van der Waals surface area (Å²) in [4.78, 5) is 4.40. The molecule has 2 aromatic carbocycles. The summed E-state index contributed by atoms with van der Waals surface area (Å²) in [5.41, 5.74) is 3.08. The summed E-state index contributed by atoms with van der Waals surface area (Å²) >= 11 is 0. The molecule has 0 bridgehead atoms. The maximum atomic E-state index is 12.6. The van der Waals surface area contributed by atoms with Gasteiger partial charge in [-0.05, 0) is 57.0 Å². The predicted octanol–water partition coefficient (Wildman–Crippen LogP) is 3.77. The maximum absolute atomic E-state index is 12.6. The van der Waals surface area contributed by atoms with Crippen LogP contribution < -0.4 is 10.1 Å². The molecule has 0 spiro atoms. The molecule has 7 nitrogen and oxygen atoms in total. The number of ether oxygens (including phenoxy) is 1. The van der Waals surface area contributed by atoms with Gasteiger partial charge in [-0.25, -0.2) is 13.4 Å². The van der Waals surface area contributed by atoms with Crippen molar-refractivity contribution in [2.45, 2.75) is 52.3 Å². The molecule has 1 aromatic heterocycles. The molecular formula is C24H30N2O5S. The van der Waals surface area contributed by atoms with E-state index in [2.05, 4.69) is 10.3 Å². The van der Waals surface area contributed by atoms with E-state index in [-0.39, 0.29) is 11.9 Å². The molecule has 3 rings (SSSR count). The van der Waals surface area contributed by atoms with Gasteiger partial charge < -0.3 is 14.3 Å². The number of oxazole rings is 1. The number of hydrogen-bond acceptors (Lipinski definition) is 7. The van der Waals surface area contributed by atoms with Crippen LogP contribution in [0.25, 0.3) is 11.5 Å². The third-order valence-corrected chi connectivity index (χ3v) is 6.41. The Morgan fingerprint density at radius 2 is 1.78 bits per heavy atom. The van der Waals surface area contributed by atoms with Crippen LogP contribution in [0.2, 0.25) is 0 Å². The van der Waals surface area contributed by atoms with Crippen LogP contribution in [0.15, 0.2) is 52.9 Å². The molecule has 1 unspecified atom stereocenters. The Labute approximate surface area is 189 Å². The Balaban J connectivity index is 1.57. The van der Waals surface area contributed by atoms with Gasteiger partial charge >= 0.3 is 0 Å². The average molecular weight is 459 g/mol.